The summed E-state index contributed by atoms with van der Waals surface area (Å²) in [4.78, 5) is 26.1. The van der Waals surface area contributed by atoms with Crippen molar-refractivity contribution in [3.05, 3.63) is 108 Å². The van der Waals surface area contributed by atoms with Gasteiger partial charge in [-0.25, -0.2) is 4.79 Å². The van der Waals surface area contributed by atoms with Crippen LogP contribution in [0.3, 0.4) is 0 Å². The number of aliphatic carboxylic acids is 1. The largest absolute Gasteiger partial charge is 0.480 e. The highest BCUT2D eigenvalue weighted by Crippen LogP contribution is 2.39. The molecule has 0 aliphatic carbocycles. The first kappa shape index (κ1) is 23.3. The number of hydrogen-bond donors (Lipinski definition) is 2. The van der Waals surface area contributed by atoms with E-state index in [4.69, 9.17) is 0 Å². The lowest BCUT2D eigenvalue weighted by Gasteiger charge is -2.35. The third-order valence-corrected chi connectivity index (χ3v) is 5.91. The summed E-state index contributed by atoms with van der Waals surface area (Å²) in [5, 5.41) is 12.7. The molecular formula is C28H31NO3. The van der Waals surface area contributed by atoms with E-state index in [2.05, 4.69) is 12.2 Å². The monoisotopic (exact) mass is 429 g/mol. The van der Waals surface area contributed by atoms with Gasteiger partial charge in [-0.2, -0.15) is 0 Å². The highest BCUT2D eigenvalue weighted by Gasteiger charge is 2.44. The van der Waals surface area contributed by atoms with Crippen molar-refractivity contribution in [3.63, 3.8) is 0 Å². The molecule has 0 radical (unpaired) electrons. The Morgan fingerprint density at radius 1 is 0.750 bits per heavy atom. The Morgan fingerprint density at radius 3 is 1.56 bits per heavy atom. The van der Waals surface area contributed by atoms with Crippen molar-refractivity contribution in [2.45, 2.75) is 50.5 Å². The Balaban J connectivity index is 2.09. The van der Waals surface area contributed by atoms with Crippen LogP contribution in [0.1, 0.15) is 55.7 Å². The molecule has 0 saturated carbocycles. The zero-order chi connectivity index (χ0) is 22.8. The second-order valence-electron chi connectivity index (χ2n) is 8.06. The predicted octanol–water partition coefficient (Wildman–Crippen LogP) is 5.56. The number of unbranched alkanes of at least 4 members (excludes halogenated alkanes) is 3. The van der Waals surface area contributed by atoms with Gasteiger partial charge in [-0.15, -0.1) is 0 Å². The molecule has 0 aromatic heterocycles. The Kier molecular flexibility index (Phi) is 8.20. The van der Waals surface area contributed by atoms with Crippen molar-refractivity contribution in [1.29, 1.82) is 0 Å². The molecule has 3 aromatic carbocycles. The van der Waals surface area contributed by atoms with E-state index >= 15 is 0 Å². The van der Waals surface area contributed by atoms with E-state index in [0.29, 0.717) is 6.42 Å². The smallest absolute Gasteiger partial charge is 0.326 e. The quantitative estimate of drug-likeness (QED) is 0.310. The maximum absolute atomic E-state index is 14.1. The van der Waals surface area contributed by atoms with Gasteiger partial charge in [0.15, 0.2) is 0 Å². The summed E-state index contributed by atoms with van der Waals surface area (Å²) in [6, 6.07) is 27.8. The maximum atomic E-state index is 14.1. The second-order valence-corrected chi connectivity index (χ2v) is 8.06. The molecule has 0 bridgehead atoms. The minimum Gasteiger partial charge on any atom is -0.480 e. The summed E-state index contributed by atoms with van der Waals surface area (Å²) >= 11 is 0. The first-order chi connectivity index (χ1) is 15.6. The molecular weight excluding hydrogens is 398 g/mol. The fraction of sp³-hybridized carbons (Fsp3) is 0.286. The first-order valence-corrected chi connectivity index (χ1v) is 11.3. The van der Waals surface area contributed by atoms with Crippen molar-refractivity contribution in [2.24, 2.45) is 0 Å². The van der Waals surface area contributed by atoms with Crippen molar-refractivity contribution >= 4 is 11.9 Å². The highest BCUT2D eigenvalue weighted by molar-refractivity contribution is 5.98. The number of hydrogen-bond acceptors (Lipinski definition) is 2. The minimum atomic E-state index is -1.17. The number of carboxylic acid groups (broad SMARTS) is 1. The van der Waals surface area contributed by atoms with Gasteiger partial charge in [0.1, 0.15) is 11.5 Å². The molecule has 0 spiro atoms. The Bertz CT molecular complexity index is 890. The molecule has 0 aliphatic rings. The first-order valence-electron chi connectivity index (χ1n) is 11.3. The Labute approximate surface area is 190 Å². The van der Waals surface area contributed by atoms with Crippen LogP contribution in [0.15, 0.2) is 91.0 Å². The van der Waals surface area contributed by atoms with E-state index in [1.807, 2.05) is 91.0 Å². The average molecular weight is 430 g/mol. The average Bonchev–Trinajstić information content (AvgIpc) is 2.83. The number of amides is 1. The van der Waals surface area contributed by atoms with Gasteiger partial charge < -0.3 is 10.4 Å². The van der Waals surface area contributed by atoms with E-state index in [0.717, 1.165) is 42.4 Å². The Hall–Kier alpha value is -3.40. The Morgan fingerprint density at radius 2 is 1.19 bits per heavy atom. The van der Waals surface area contributed by atoms with E-state index < -0.39 is 17.4 Å². The van der Waals surface area contributed by atoms with Gasteiger partial charge in [0.2, 0.25) is 5.91 Å². The van der Waals surface area contributed by atoms with Gasteiger partial charge in [-0.05, 0) is 23.1 Å². The standard InChI is InChI=1S/C28H31NO3/c1-2-3-4-14-21-25(26(30)31)29-27(32)28(22-15-8-5-9-16-22,23-17-10-6-11-18-23)24-19-12-7-13-20-24/h5-13,15-20,25H,2-4,14,21H2,1H3,(H,29,32)(H,30,31)/t25-/m0/s1. The topological polar surface area (TPSA) is 66.4 Å². The number of nitrogens with one attached hydrogen (secondary N) is 1. The van der Waals surface area contributed by atoms with Crippen LogP contribution in [-0.2, 0) is 15.0 Å². The molecule has 4 nitrogen and oxygen atoms in total. The zero-order valence-electron chi connectivity index (χ0n) is 18.5. The maximum Gasteiger partial charge on any atom is 0.326 e. The van der Waals surface area contributed by atoms with Crippen LogP contribution in [0.2, 0.25) is 0 Å². The molecule has 0 aliphatic heterocycles. The lowest BCUT2D eigenvalue weighted by molar-refractivity contribution is -0.142. The van der Waals surface area contributed by atoms with E-state index in [1.54, 1.807) is 0 Å². The third kappa shape index (κ3) is 5.08. The summed E-state index contributed by atoms with van der Waals surface area (Å²) in [6.07, 6.45) is 4.26. The molecule has 3 rings (SSSR count). The van der Waals surface area contributed by atoms with E-state index in [-0.39, 0.29) is 5.91 Å². The second kappa shape index (κ2) is 11.3. The summed E-state index contributed by atoms with van der Waals surface area (Å²) in [5.41, 5.74) is 1.22. The molecule has 166 valence electrons. The molecule has 0 fully saturated rings. The number of rotatable bonds is 11. The van der Waals surface area contributed by atoms with Crippen molar-refractivity contribution in [1.82, 2.24) is 5.32 Å². The van der Waals surface area contributed by atoms with Gasteiger partial charge in [0.25, 0.3) is 0 Å². The summed E-state index contributed by atoms with van der Waals surface area (Å²) < 4.78 is 0. The molecule has 32 heavy (non-hydrogen) atoms. The molecule has 3 aromatic rings. The number of carbonyl (C=O) groups is 2. The fourth-order valence-electron chi connectivity index (χ4n) is 4.26. The number of benzene rings is 3. The van der Waals surface area contributed by atoms with E-state index in [1.165, 1.54) is 0 Å². The van der Waals surface area contributed by atoms with E-state index in [9.17, 15) is 14.7 Å². The molecule has 0 heterocycles. The van der Waals surface area contributed by atoms with Crippen LogP contribution in [0, 0.1) is 0 Å². The third-order valence-electron chi connectivity index (χ3n) is 5.91. The predicted molar refractivity (Wildman–Crippen MR) is 128 cm³/mol. The van der Waals surface area contributed by atoms with Crippen LogP contribution in [-0.4, -0.2) is 23.0 Å². The normalized spacial score (nSPS) is 12.2. The lowest BCUT2D eigenvalue weighted by Crippen LogP contribution is -2.51. The van der Waals surface area contributed by atoms with Crippen LogP contribution in [0.25, 0.3) is 0 Å². The van der Waals surface area contributed by atoms with Crippen molar-refractivity contribution in [2.75, 3.05) is 0 Å². The highest BCUT2D eigenvalue weighted by atomic mass is 16.4. The summed E-state index contributed by atoms with van der Waals surface area (Å²) in [7, 11) is 0. The number of carbonyl (C=O) groups excluding carboxylic acids is 1. The fourth-order valence-corrected chi connectivity index (χ4v) is 4.26. The SMILES string of the molecule is CCCCCC[C@H](NC(=O)C(c1ccccc1)(c1ccccc1)c1ccccc1)C(=O)O. The molecule has 4 heteroatoms. The van der Waals surface area contributed by atoms with Crippen LogP contribution in [0.5, 0.6) is 0 Å². The van der Waals surface area contributed by atoms with Crippen molar-refractivity contribution < 1.29 is 14.7 Å². The number of carboxylic acids is 1. The molecule has 0 unspecified atom stereocenters. The van der Waals surface area contributed by atoms with Crippen molar-refractivity contribution in [3.8, 4) is 0 Å². The zero-order valence-corrected chi connectivity index (χ0v) is 18.5. The van der Waals surface area contributed by atoms with Crippen LogP contribution in [0.4, 0.5) is 0 Å². The molecule has 0 saturated heterocycles. The van der Waals surface area contributed by atoms with Gasteiger partial charge in [0, 0.05) is 0 Å². The van der Waals surface area contributed by atoms with Gasteiger partial charge in [-0.1, -0.05) is 124 Å². The van der Waals surface area contributed by atoms with Gasteiger partial charge in [0.05, 0.1) is 0 Å². The summed E-state index contributed by atoms with van der Waals surface area (Å²) in [6.45, 7) is 2.12. The van der Waals surface area contributed by atoms with Crippen LogP contribution >= 0.6 is 0 Å². The molecule has 1 amide bonds. The van der Waals surface area contributed by atoms with Crippen LogP contribution < -0.4 is 5.32 Å². The molecule has 2 N–H and O–H groups in total. The minimum absolute atomic E-state index is 0.330. The lowest BCUT2D eigenvalue weighted by atomic mass is 9.68. The summed E-state index contributed by atoms with van der Waals surface area (Å²) in [5.74, 6) is -1.33. The van der Waals surface area contributed by atoms with Gasteiger partial charge >= 0.3 is 5.97 Å². The molecule has 1 atom stereocenters. The van der Waals surface area contributed by atoms with Gasteiger partial charge in [-0.3, -0.25) is 4.79 Å².